The Hall–Kier alpha value is -0.630. The number of nitrogens with zero attached hydrogens (tertiary/aromatic N) is 1. The summed E-state index contributed by atoms with van der Waals surface area (Å²) in [5.74, 6) is -0.217. The highest BCUT2D eigenvalue weighted by Gasteiger charge is 2.24. The van der Waals surface area contributed by atoms with Gasteiger partial charge >= 0.3 is 6.03 Å². The first-order valence-corrected chi connectivity index (χ1v) is 6.51. The third kappa shape index (κ3) is 2.37. The molecule has 1 aromatic rings. The molecule has 1 heterocycles. The average Bonchev–Trinajstić information content (AvgIpc) is 2.22. The van der Waals surface area contributed by atoms with E-state index in [1.165, 1.54) is 0 Å². The van der Waals surface area contributed by atoms with Crippen LogP contribution in [0.25, 0.3) is 0 Å². The van der Waals surface area contributed by atoms with E-state index < -0.39 is 0 Å². The van der Waals surface area contributed by atoms with Gasteiger partial charge in [-0.05, 0) is 56.7 Å². The van der Waals surface area contributed by atoms with Crippen molar-refractivity contribution in [3.05, 3.63) is 26.2 Å². The number of amides is 3. The zero-order chi connectivity index (χ0) is 11.7. The van der Waals surface area contributed by atoms with E-state index in [4.69, 9.17) is 0 Å². The lowest BCUT2D eigenvalue weighted by Crippen LogP contribution is -2.49. The highest BCUT2D eigenvalue weighted by atomic mass is 127. The van der Waals surface area contributed by atoms with Crippen molar-refractivity contribution in [1.29, 1.82) is 0 Å². The Morgan fingerprint density at radius 3 is 2.75 bits per heavy atom. The Balaban J connectivity index is 2.27. The Bertz CT molecular complexity index is 464. The van der Waals surface area contributed by atoms with E-state index in [9.17, 15) is 9.59 Å². The number of nitrogens with one attached hydrogen (secondary N) is 1. The van der Waals surface area contributed by atoms with Gasteiger partial charge in [-0.25, -0.2) is 4.79 Å². The van der Waals surface area contributed by atoms with Crippen molar-refractivity contribution in [1.82, 2.24) is 5.32 Å². The lowest BCUT2D eigenvalue weighted by atomic mass is 10.2. The van der Waals surface area contributed by atoms with Crippen LogP contribution >= 0.6 is 38.5 Å². The molecule has 1 N–H and O–H groups in total. The number of halogens is 2. The van der Waals surface area contributed by atoms with E-state index in [0.29, 0.717) is 13.0 Å². The SMILES string of the molecule is O=C1CCN(c2ccc(I)c(Br)c2)C(=O)N1. The summed E-state index contributed by atoms with van der Waals surface area (Å²) in [7, 11) is 0. The van der Waals surface area contributed by atoms with E-state index in [-0.39, 0.29) is 11.9 Å². The summed E-state index contributed by atoms with van der Waals surface area (Å²) in [5, 5.41) is 2.29. The quantitative estimate of drug-likeness (QED) is 0.744. The van der Waals surface area contributed by atoms with Crippen molar-refractivity contribution in [3.8, 4) is 0 Å². The second-order valence-corrected chi connectivity index (χ2v) is 5.37. The van der Waals surface area contributed by atoms with Crippen LogP contribution in [-0.2, 0) is 4.79 Å². The molecule has 1 aromatic carbocycles. The van der Waals surface area contributed by atoms with Gasteiger partial charge in [-0.2, -0.15) is 0 Å². The van der Waals surface area contributed by atoms with Crippen molar-refractivity contribution in [3.63, 3.8) is 0 Å². The number of rotatable bonds is 1. The van der Waals surface area contributed by atoms with E-state index >= 15 is 0 Å². The van der Waals surface area contributed by atoms with Crippen LogP contribution in [0.15, 0.2) is 22.7 Å². The van der Waals surface area contributed by atoms with Gasteiger partial charge in [-0.15, -0.1) is 0 Å². The largest absolute Gasteiger partial charge is 0.328 e. The van der Waals surface area contributed by atoms with Gasteiger partial charge in [0.1, 0.15) is 0 Å². The molecule has 0 aromatic heterocycles. The van der Waals surface area contributed by atoms with Gasteiger partial charge in [0.05, 0.1) is 0 Å². The molecule has 2 rings (SSSR count). The molecule has 0 spiro atoms. The zero-order valence-corrected chi connectivity index (χ0v) is 11.9. The summed E-state index contributed by atoms with van der Waals surface area (Å²) in [6.45, 7) is 0.428. The van der Waals surface area contributed by atoms with Crippen LogP contribution in [0, 0.1) is 3.57 Å². The summed E-state index contributed by atoms with van der Waals surface area (Å²) in [4.78, 5) is 24.1. The van der Waals surface area contributed by atoms with Crippen molar-refractivity contribution in [2.24, 2.45) is 0 Å². The van der Waals surface area contributed by atoms with Crippen molar-refractivity contribution >= 4 is 56.1 Å². The van der Waals surface area contributed by atoms with Crippen molar-refractivity contribution in [2.75, 3.05) is 11.4 Å². The summed E-state index contributed by atoms with van der Waals surface area (Å²) in [6.07, 6.45) is 0.343. The van der Waals surface area contributed by atoms with Gasteiger partial charge in [-0.3, -0.25) is 15.0 Å². The molecular weight excluding hydrogens is 387 g/mol. The predicted octanol–water partition coefficient (Wildman–Crippen LogP) is 2.50. The Kier molecular flexibility index (Phi) is 3.48. The molecule has 0 unspecified atom stereocenters. The molecular formula is C10H8BrIN2O2. The summed E-state index contributed by atoms with van der Waals surface area (Å²) in [5.41, 5.74) is 0.789. The number of carbonyl (C=O) groups excluding carboxylic acids is 2. The van der Waals surface area contributed by atoms with Gasteiger partial charge < -0.3 is 0 Å². The molecule has 84 valence electrons. The van der Waals surface area contributed by atoms with E-state index in [1.807, 2.05) is 18.2 Å². The molecule has 3 amide bonds. The molecule has 16 heavy (non-hydrogen) atoms. The molecule has 0 bridgehead atoms. The Morgan fingerprint density at radius 1 is 1.38 bits per heavy atom. The molecule has 1 aliphatic rings. The van der Waals surface area contributed by atoms with Crippen LogP contribution in [-0.4, -0.2) is 18.5 Å². The number of hydrogen-bond donors (Lipinski definition) is 1. The minimum absolute atomic E-state index is 0.217. The second-order valence-electron chi connectivity index (χ2n) is 3.35. The molecule has 1 saturated heterocycles. The lowest BCUT2D eigenvalue weighted by Gasteiger charge is -2.26. The Morgan fingerprint density at radius 2 is 2.12 bits per heavy atom. The number of anilines is 1. The first-order valence-electron chi connectivity index (χ1n) is 4.64. The molecule has 1 fully saturated rings. The van der Waals surface area contributed by atoms with Gasteiger partial charge in [-0.1, -0.05) is 0 Å². The van der Waals surface area contributed by atoms with Gasteiger partial charge in [0.15, 0.2) is 0 Å². The van der Waals surface area contributed by atoms with E-state index in [1.54, 1.807) is 4.90 Å². The fourth-order valence-electron chi connectivity index (χ4n) is 1.46. The van der Waals surface area contributed by atoms with Crippen LogP contribution in [0.3, 0.4) is 0 Å². The maximum absolute atomic E-state index is 11.6. The first kappa shape index (κ1) is 11.8. The normalized spacial score (nSPS) is 16.2. The van der Waals surface area contributed by atoms with Crippen LogP contribution in [0.4, 0.5) is 10.5 Å². The summed E-state index contributed by atoms with van der Waals surface area (Å²) in [6, 6.07) is 5.30. The van der Waals surface area contributed by atoms with Gasteiger partial charge in [0, 0.05) is 26.7 Å². The van der Waals surface area contributed by atoms with E-state index in [2.05, 4.69) is 43.8 Å². The smallest absolute Gasteiger partial charge is 0.294 e. The number of benzene rings is 1. The zero-order valence-electron chi connectivity index (χ0n) is 8.17. The topological polar surface area (TPSA) is 49.4 Å². The Labute approximate surface area is 115 Å². The van der Waals surface area contributed by atoms with Gasteiger partial charge in [0.25, 0.3) is 0 Å². The molecule has 0 radical (unpaired) electrons. The monoisotopic (exact) mass is 394 g/mol. The number of hydrogen-bond acceptors (Lipinski definition) is 2. The van der Waals surface area contributed by atoms with Crippen LogP contribution < -0.4 is 10.2 Å². The lowest BCUT2D eigenvalue weighted by molar-refractivity contribution is -0.120. The molecule has 4 nitrogen and oxygen atoms in total. The molecule has 0 aliphatic carbocycles. The maximum Gasteiger partial charge on any atom is 0.328 e. The fourth-order valence-corrected chi connectivity index (χ4v) is 2.17. The second kappa shape index (κ2) is 4.70. The highest BCUT2D eigenvalue weighted by Crippen LogP contribution is 2.26. The number of carbonyl (C=O) groups is 2. The standard InChI is InChI=1S/C10H8BrIN2O2/c11-7-5-6(1-2-8(7)12)14-4-3-9(15)13-10(14)16/h1-2,5H,3-4H2,(H,13,15,16). The molecule has 0 atom stereocenters. The minimum Gasteiger partial charge on any atom is -0.294 e. The van der Waals surface area contributed by atoms with Crippen LogP contribution in [0.2, 0.25) is 0 Å². The van der Waals surface area contributed by atoms with Crippen LogP contribution in [0.1, 0.15) is 6.42 Å². The average molecular weight is 395 g/mol. The van der Waals surface area contributed by atoms with Crippen molar-refractivity contribution < 1.29 is 9.59 Å². The van der Waals surface area contributed by atoms with E-state index in [0.717, 1.165) is 13.7 Å². The third-order valence-electron chi connectivity index (χ3n) is 2.27. The summed E-state index contributed by atoms with van der Waals surface area (Å²) >= 11 is 5.61. The minimum atomic E-state index is -0.357. The fraction of sp³-hybridized carbons (Fsp3) is 0.200. The van der Waals surface area contributed by atoms with Gasteiger partial charge in [0.2, 0.25) is 5.91 Å². The predicted molar refractivity (Wildman–Crippen MR) is 72.4 cm³/mol. The molecule has 6 heteroatoms. The number of imide groups is 1. The molecule has 0 saturated carbocycles. The maximum atomic E-state index is 11.6. The summed E-state index contributed by atoms with van der Waals surface area (Å²) < 4.78 is 2.02. The van der Waals surface area contributed by atoms with Crippen LogP contribution in [0.5, 0.6) is 0 Å². The third-order valence-corrected chi connectivity index (χ3v) is 4.61. The number of urea groups is 1. The van der Waals surface area contributed by atoms with Crippen molar-refractivity contribution in [2.45, 2.75) is 6.42 Å². The first-order chi connectivity index (χ1) is 7.58. The molecule has 1 aliphatic heterocycles. The highest BCUT2D eigenvalue weighted by molar-refractivity contribution is 14.1.